The van der Waals surface area contributed by atoms with Gasteiger partial charge < -0.3 is 24.1 Å². The Balaban J connectivity index is 1.31. The predicted octanol–water partition coefficient (Wildman–Crippen LogP) is 4.09. The fourth-order valence-corrected chi connectivity index (χ4v) is 4.29. The molecule has 0 unspecified atom stereocenters. The van der Waals surface area contributed by atoms with Crippen LogP contribution in [0.4, 0.5) is 5.69 Å². The average molecular weight is 509 g/mol. The first-order valence-electron chi connectivity index (χ1n) is 12.3. The third-order valence-corrected chi connectivity index (χ3v) is 6.43. The summed E-state index contributed by atoms with van der Waals surface area (Å²) in [5.41, 5.74) is 2.71. The van der Waals surface area contributed by atoms with Crippen LogP contribution in [0, 0.1) is 12.8 Å². The second-order valence-electron chi connectivity index (χ2n) is 8.87. The van der Waals surface area contributed by atoms with E-state index < -0.39 is 5.97 Å². The molecule has 196 valence electrons. The van der Waals surface area contributed by atoms with Crippen molar-refractivity contribution in [2.75, 3.05) is 39.2 Å². The highest BCUT2D eigenvalue weighted by atomic mass is 16.5. The van der Waals surface area contributed by atoms with Crippen LogP contribution in [-0.4, -0.2) is 60.8 Å². The number of hydrogen-bond acceptors (Lipinski definition) is 9. The Morgan fingerprint density at radius 3 is 2.54 bits per heavy atom. The molecule has 0 saturated carbocycles. The summed E-state index contributed by atoms with van der Waals surface area (Å²) in [5, 5.41) is 7.10. The van der Waals surface area contributed by atoms with E-state index in [0.717, 1.165) is 24.2 Å². The van der Waals surface area contributed by atoms with Gasteiger partial charge in [0.05, 0.1) is 32.9 Å². The molecule has 1 aromatic heterocycles. The number of likely N-dealkylation sites (tertiary alicyclic amines) is 1. The van der Waals surface area contributed by atoms with E-state index in [-0.39, 0.29) is 11.8 Å². The van der Waals surface area contributed by atoms with Gasteiger partial charge in [0, 0.05) is 17.2 Å². The highest BCUT2D eigenvalue weighted by Gasteiger charge is 2.26. The quantitative estimate of drug-likeness (QED) is 0.427. The molecule has 1 aliphatic rings. The predicted molar refractivity (Wildman–Crippen MR) is 137 cm³/mol. The van der Waals surface area contributed by atoms with Crippen LogP contribution < -0.4 is 14.8 Å². The van der Waals surface area contributed by atoms with Crippen molar-refractivity contribution < 1.29 is 28.3 Å². The van der Waals surface area contributed by atoms with Crippen molar-refractivity contribution in [1.29, 1.82) is 0 Å². The summed E-state index contributed by atoms with van der Waals surface area (Å²) in [7, 11) is 3.16. The van der Waals surface area contributed by atoms with Gasteiger partial charge in [-0.25, -0.2) is 4.79 Å². The second kappa shape index (κ2) is 11.9. The van der Waals surface area contributed by atoms with Crippen LogP contribution in [0.2, 0.25) is 0 Å². The van der Waals surface area contributed by atoms with Crippen molar-refractivity contribution >= 4 is 17.6 Å². The largest absolute Gasteiger partial charge is 0.493 e. The maximum absolute atomic E-state index is 12.9. The maximum atomic E-state index is 12.9. The van der Waals surface area contributed by atoms with E-state index in [1.807, 2.05) is 25.1 Å². The Bertz CT molecular complexity index is 1250. The van der Waals surface area contributed by atoms with Crippen molar-refractivity contribution in [3.05, 3.63) is 53.4 Å². The number of nitrogens with zero attached hydrogens (tertiary/aromatic N) is 3. The number of rotatable bonds is 9. The first kappa shape index (κ1) is 26.2. The van der Waals surface area contributed by atoms with E-state index in [4.69, 9.17) is 18.7 Å². The molecule has 1 fully saturated rings. The summed E-state index contributed by atoms with van der Waals surface area (Å²) in [6.45, 7) is 5.93. The number of ether oxygens (including phenoxy) is 3. The van der Waals surface area contributed by atoms with Gasteiger partial charge in [-0.05, 0) is 75.7 Å². The molecule has 1 saturated heterocycles. The zero-order valence-electron chi connectivity index (χ0n) is 21.6. The first-order valence-corrected chi connectivity index (χ1v) is 12.3. The Hall–Kier alpha value is -3.92. The monoisotopic (exact) mass is 508 g/mol. The van der Waals surface area contributed by atoms with E-state index in [2.05, 4.69) is 20.4 Å². The first-order chi connectivity index (χ1) is 17.9. The van der Waals surface area contributed by atoms with Crippen molar-refractivity contribution in [1.82, 2.24) is 15.0 Å². The molecular formula is C27H32N4O6. The number of aryl methyl sites for hydroxylation is 1. The molecule has 3 aromatic rings. The summed E-state index contributed by atoms with van der Waals surface area (Å²) < 4.78 is 21.2. The molecule has 0 aliphatic carbocycles. The number of esters is 1. The molecule has 1 aliphatic heterocycles. The number of carbonyl (C=O) groups excluding carboxylic acids is 2. The van der Waals surface area contributed by atoms with Crippen molar-refractivity contribution in [2.24, 2.45) is 5.92 Å². The summed E-state index contributed by atoms with van der Waals surface area (Å²) in [5.74, 6) is 1.65. The molecule has 37 heavy (non-hydrogen) atoms. The topological polar surface area (TPSA) is 116 Å². The van der Waals surface area contributed by atoms with Gasteiger partial charge in [-0.1, -0.05) is 11.2 Å². The van der Waals surface area contributed by atoms with E-state index in [9.17, 15) is 9.59 Å². The van der Waals surface area contributed by atoms with Gasteiger partial charge in [-0.2, -0.15) is 4.98 Å². The Morgan fingerprint density at radius 2 is 1.84 bits per heavy atom. The molecule has 0 radical (unpaired) electrons. The molecule has 1 amide bonds. The van der Waals surface area contributed by atoms with Gasteiger partial charge in [-0.15, -0.1) is 0 Å². The lowest BCUT2D eigenvalue weighted by Gasteiger charge is -2.30. The van der Waals surface area contributed by atoms with Gasteiger partial charge in [0.2, 0.25) is 17.6 Å². The minimum absolute atomic E-state index is 0.0442. The van der Waals surface area contributed by atoms with E-state index in [1.165, 1.54) is 0 Å². The zero-order chi connectivity index (χ0) is 26.4. The molecule has 0 atom stereocenters. The molecule has 1 N–H and O–H groups in total. The van der Waals surface area contributed by atoms with E-state index in [0.29, 0.717) is 60.5 Å². The van der Waals surface area contributed by atoms with Crippen LogP contribution in [0.25, 0.3) is 11.4 Å². The summed E-state index contributed by atoms with van der Waals surface area (Å²) in [6.07, 6.45) is 1.41. The highest BCUT2D eigenvalue weighted by molar-refractivity contribution is 5.96. The number of piperidine rings is 1. The summed E-state index contributed by atoms with van der Waals surface area (Å²) in [6, 6.07) is 10.6. The van der Waals surface area contributed by atoms with Crippen LogP contribution in [0.1, 0.15) is 41.6 Å². The summed E-state index contributed by atoms with van der Waals surface area (Å²) >= 11 is 0. The van der Waals surface area contributed by atoms with Crippen LogP contribution in [0.15, 0.2) is 40.9 Å². The van der Waals surface area contributed by atoms with Gasteiger partial charge in [0.1, 0.15) is 0 Å². The lowest BCUT2D eigenvalue weighted by Crippen LogP contribution is -2.37. The molecule has 2 aromatic carbocycles. The number of benzene rings is 2. The van der Waals surface area contributed by atoms with Crippen LogP contribution in [-0.2, 0) is 16.1 Å². The highest BCUT2D eigenvalue weighted by Crippen LogP contribution is 2.31. The number of nitrogens with one attached hydrogen (secondary N) is 1. The van der Waals surface area contributed by atoms with Gasteiger partial charge in [0.15, 0.2) is 11.5 Å². The fourth-order valence-electron chi connectivity index (χ4n) is 4.29. The molecule has 2 heterocycles. The minimum Gasteiger partial charge on any atom is -0.493 e. The van der Waals surface area contributed by atoms with E-state index in [1.54, 1.807) is 39.3 Å². The molecule has 0 bridgehead atoms. The lowest BCUT2D eigenvalue weighted by molar-refractivity contribution is -0.121. The molecule has 10 nitrogen and oxygen atoms in total. The number of aromatic nitrogens is 2. The third-order valence-electron chi connectivity index (χ3n) is 6.43. The Kier molecular flexibility index (Phi) is 8.39. The van der Waals surface area contributed by atoms with Crippen molar-refractivity contribution in [2.45, 2.75) is 33.2 Å². The average Bonchev–Trinajstić information content (AvgIpc) is 3.38. The van der Waals surface area contributed by atoms with Crippen LogP contribution in [0.3, 0.4) is 0 Å². The zero-order valence-corrected chi connectivity index (χ0v) is 21.6. The van der Waals surface area contributed by atoms with Gasteiger partial charge >= 0.3 is 5.97 Å². The normalized spacial score (nSPS) is 14.3. The Morgan fingerprint density at radius 1 is 1.08 bits per heavy atom. The molecule has 0 spiro atoms. The van der Waals surface area contributed by atoms with Crippen LogP contribution >= 0.6 is 0 Å². The van der Waals surface area contributed by atoms with Crippen molar-refractivity contribution in [3.8, 4) is 22.9 Å². The minimum atomic E-state index is -0.401. The number of amides is 1. The molecular weight excluding hydrogens is 476 g/mol. The van der Waals surface area contributed by atoms with Crippen molar-refractivity contribution in [3.63, 3.8) is 0 Å². The number of carbonyl (C=O) groups is 2. The standard InChI is InChI=1S/C27H32N4O6/c1-5-36-27(33)20-7-6-17(2)21(14-20)28-26(32)18-10-12-31(13-11-18)16-24-29-25(30-37-24)19-8-9-22(34-3)23(15-19)35-4/h6-9,14-15,18H,5,10-13,16H2,1-4H3,(H,28,32). The lowest BCUT2D eigenvalue weighted by atomic mass is 9.95. The summed E-state index contributed by atoms with van der Waals surface area (Å²) in [4.78, 5) is 31.7. The molecule has 4 rings (SSSR count). The van der Waals surface area contributed by atoms with Gasteiger partial charge in [0.25, 0.3) is 0 Å². The fraction of sp³-hybridized carbons (Fsp3) is 0.407. The third kappa shape index (κ3) is 6.26. The molecule has 10 heteroatoms. The van der Waals surface area contributed by atoms with Crippen LogP contribution in [0.5, 0.6) is 11.5 Å². The number of methoxy groups -OCH3 is 2. The second-order valence-corrected chi connectivity index (χ2v) is 8.87. The Labute approximate surface area is 215 Å². The van der Waals surface area contributed by atoms with E-state index >= 15 is 0 Å². The maximum Gasteiger partial charge on any atom is 0.338 e. The smallest absolute Gasteiger partial charge is 0.338 e. The SMILES string of the molecule is CCOC(=O)c1ccc(C)c(NC(=O)C2CCN(Cc3nc(-c4ccc(OC)c(OC)c4)no3)CC2)c1. The van der Waals surface area contributed by atoms with Gasteiger partial charge in [-0.3, -0.25) is 9.69 Å². The number of anilines is 1. The number of hydrogen-bond donors (Lipinski definition) is 1.